The number of hydrogen-bond acceptors (Lipinski definition) is 3. The summed E-state index contributed by atoms with van der Waals surface area (Å²) >= 11 is 0. The van der Waals surface area contributed by atoms with Crippen molar-refractivity contribution in [3.8, 4) is 5.75 Å². The third kappa shape index (κ3) is 2.27. The van der Waals surface area contributed by atoms with Crippen LogP contribution in [0.25, 0.3) is 0 Å². The predicted octanol–water partition coefficient (Wildman–Crippen LogP) is 2.97. The molecule has 3 nitrogen and oxygen atoms in total. The number of rotatable bonds is 5. The lowest BCUT2D eigenvalue weighted by Gasteiger charge is -2.44. The highest BCUT2D eigenvalue weighted by Crippen LogP contribution is 2.42. The van der Waals surface area contributed by atoms with E-state index in [4.69, 9.17) is 9.47 Å². The quantitative estimate of drug-likeness (QED) is 0.803. The van der Waals surface area contributed by atoms with Crippen LogP contribution in [-0.4, -0.2) is 19.0 Å². The van der Waals surface area contributed by atoms with E-state index >= 15 is 0 Å². The van der Waals surface area contributed by atoms with E-state index in [1.54, 1.807) is 7.11 Å². The van der Waals surface area contributed by atoms with Crippen LogP contribution in [0, 0.1) is 5.41 Å². The predicted molar refractivity (Wildman–Crippen MR) is 69.6 cm³/mol. The molecule has 1 aromatic carbocycles. The van der Waals surface area contributed by atoms with E-state index in [1.165, 1.54) is 0 Å². The van der Waals surface area contributed by atoms with E-state index in [0.717, 1.165) is 17.7 Å². The van der Waals surface area contributed by atoms with E-state index < -0.39 is 0 Å². The summed E-state index contributed by atoms with van der Waals surface area (Å²) in [6.07, 6.45) is 1.36. The van der Waals surface area contributed by atoms with Gasteiger partial charge in [-0.25, -0.2) is 0 Å². The third-order valence-corrected chi connectivity index (χ3v) is 3.94. The van der Waals surface area contributed by atoms with Crippen LogP contribution in [0.5, 0.6) is 5.75 Å². The second-order valence-electron chi connectivity index (χ2n) is 5.09. The number of carbonyl (C=O) groups excluding carboxylic acids is 1. The second kappa shape index (κ2) is 5.11. The van der Waals surface area contributed by atoms with E-state index in [-0.39, 0.29) is 11.5 Å². The molecule has 1 saturated carbocycles. The van der Waals surface area contributed by atoms with Gasteiger partial charge in [0.2, 0.25) is 0 Å². The fourth-order valence-corrected chi connectivity index (χ4v) is 2.31. The SMILES string of the molecule is CCC1(C)C(=O)CC1Oc1cccc(COC)c1. The Bertz CT molecular complexity index is 441. The lowest BCUT2D eigenvalue weighted by atomic mass is 9.64. The Labute approximate surface area is 108 Å². The average molecular weight is 248 g/mol. The highest BCUT2D eigenvalue weighted by atomic mass is 16.5. The molecular weight excluding hydrogens is 228 g/mol. The summed E-state index contributed by atoms with van der Waals surface area (Å²) in [5.41, 5.74) is 0.774. The van der Waals surface area contributed by atoms with E-state index in [1.807, 2.05) is 38.1 Å². The smallest absolute Gasteiger partial charge is 0.146 e. The van der Waals surface area contributed by atoms with Gasteiger partial charge in [0.15, 0.2) is 0 Å². The van der Waals surface area contributed by atoms with Crippen molar-refractivity contribution in [2.45, 2.75) is 39.4 Å². The van der Waals surface area contributed by atoms with Gasteiger partial charge in [0.1, 0.15) is 17.6 Å². The molecule has 0 radical (unpaired) electrons. The molecule has 0 bridgehead atoms. The number of ether oxygens (including phenoxy) is 2. The Morgan fingerprint density at radius 3 is 2.83 bits per heavy atom. The molecule has 0 aromatic heterocycles. The van der Waals surface area contributed by atoms with Crippen molar-refractivity contribution in [3.63, 3.8) is 0 Å². The van der Waals surface area contributed by atoms with Crippen LogP contribution in [0.3, 0.4) is 0 Å². The van der Waals surface area contributed by atoms with Crippen molar-refractivity contribution in [2.75, 3.05) is 7.11 Å². The van der Waals surface area contributed by atoms with E-state index in [9.17, 15) is 4.79 Å². The van der Waals surface area contributed by atoms with Gasteiger partial charge in [0.05, 0.1) is 12.0 Å². The van der Waals surface area contributed by atoms with Crippen molar-refractivity contribution in [1.29, 1.82) is 0 Å². The summed E-state index contributed by atoms with van der Waals surface area (Å²) in [6, 6.07) is 7.86. The molecule has 0 heterocycles. The van der Waals surface area contributed by atoms with Crippen molar-refractivity contribution < 1.29 is 14.3 Å². The molecule has 0 N–H and O–H groups in total. The Morgan fingerprint density at radius 1 is 1.44 bits per heavy atom. The average Bonchev–Trinajstić information content (AvgIpc) is 2.38. The first-order chi connectivity index (χ1) is 8.60. The lowest BCUT2D eigenvalue weighted by molar-refractivity contribution is -0.150. The van der Waals surface area contributed by atoms with Crippen molar-refractivity contribution >= 4 is 5.78 Å². The number of ketones is 1. The van der Waals surface area contributed by atoms with Crippen LogP contribution in [-0.2, 0) is 16.1 Å². The van der Waals surface area contributed by atoms with Crippen molar-refractivity contribution in [2.24, 2.45) is 5.41 Å². The first-order valence-electron chi connectivity index (χ1n) is 6.38. The molecule has 1 aliphatic rings. The fraction of sp³-hybridized carbons (Fsp3) is 0.533. The number of benzene rings is 1. The van der Waals surface area contributed by atoms with E-state index in [2.05, 4.69) is 0 Å². The van der Waals surface area contributed by atoms with Crippen LogP contribution in [0.2, 0.25) is 0 Å². The summed E-state index contributed by atoms with van der Waals surface area (Å²) in [5, 5.41) is 0. The van der Waals surface area contributed by atoms with Crippen molar-refractivity contribution in [1.82, 2.24) is 0 Å². The minimum absolute atomic E-state index is 0.00722. The highest BCUT2D eigenvalue weighted by molar-refractivity contribution is 5.92. The Hall–Kier alpha value is -1.35. The summed E-state index contributed by atoms with van der Waals surface area (Å²) < 4.78 is 11.0. The summed E-state index contributed by atoms with van der Waals surface area (Å²) in [4.78, 5) is 11.7. The number of carbonyl (C=O) groups is 1. The molecule has 98 valence electrons. The first kappa shape index (κ1) is 13.1. The molecule has 0 saturated heterocycles. The van der Waals surface area contributed by atoms with Gasteiger partial charge in [0.25, 0.3) is 0 Å². The molecule has 2 rings (SSSR count). The Morgan fingerprint density at radius 2 is 2.22 bits per heavy atom. The van der Waals surface area contributed by atoms with Crippen molar-refractivity contribution in [3.05, 3.63) is 29.8 Å². The number of methoxy groups -OCH3 is 1. The Kier molecular flexibility index (Phi) is 3.71. The van der Waals surface area contributed by atoms with Gasteiger partial charge in [0, 0.05) is 13.5 Å². The highest BCUT2D eigenvalue weighted by Gasteiger charge is 2.51. The second-order valence-corrected chi connectivity index (χ2v) is 5.09. The van der Waals surface area contributed by atoms with Gasteiger partial charge in [-0.15, -0.1) is 0 Å². The summed E-state index contributed by atoms with van der Waals surface area (Å²) in [5.74, 6) is 1.13. The standard InChI is InChI=1S/C15H20O3/c1-4-15(2)13(16)9-14(15)18-12-7-5-6-11(8-12)10-17-3/h5-8,14H,4,9-10H2,1-3H3. The van der Waals surface area contributed by atoms with Gasteiger partial charge in [-0.2, -0.15) is 0 Å². The van der Waals surface area contributed by atoms with Gasteiger partial charge in [-0.1, -0.05) is 19.1 Å². The zero-order valence-corrected chi connectivity index (χ0v) is 11.2. The maximum Gasteiger partial charge on any atom is 0.146 e. The molecule has 3 heteroatoms. The number of Topliss-reactive ketones (excluding diaryl/α,β-unsaturated/α-hetero) is 1. The Balaban J connectivity index is 2.06. The van der Waals surface area contributed by atoms with Crippen LogP contribution in [0.1, 0.15) is 32.3 Å². The molecule has 2 atom stereocenters. The molecule has 0 amide bonds. The van der Waals surface area contributed by atoms with Crippen LogP contribution in [0.4, 0.5) is 0 Å². The maximum atomic E-state index is 11.7. The molecule has 1 aliphatic carbocycles. The molecule has 1 fully saturated rings. The largest absolute Gasteiger partial charge is 0.489 e. The van der Waals surface area contributed by atoms with Crippen LogP contribution in [0.15, 0.2) is 24.3 Å². The van der Waals surface area contributed by atoms with Crippen LogP contribution < -0.4 is 4.74 Å². The first-order valence-corrected chi connectivity index (χ1v) is 6.38. The monoisotopic (exact) mass is 248 g/mol. The number of hydrogen-bond donors (Lipinski definition) is 0. The third-order valence-electron chi connectivity index (χ3n) is 3.94. The molecule has 0 spiro atoms. The van der Waals surface area contributed by atoms with E-state index in [0.29, 0.717) is 18.8 Å². The topological polar surface area (TPSA) is 35.5 Å². The molecule has 1 aromatic rings. The fourth-order valence-electron chi connectivity index (χ4n) is 2.31. The maximum absolute atomic E-state index is 11.7. The lowest BCUT2D eigenvalue weighted by Crippen LogP contribution is -2.54. The van der Waals surface area contributed by atoms with Gasteiger partial charge in [-0.05, 0) is 31.0 Å². The van der Waals surface area contributed by atoms with Gasteiger partial charge < -0.3 is 9.47 Å². The molecule has 18 heavy (non-hydrogen) atoms. The minimum Gasteiger partial charge on any atom is -0.489 e. The summed E-state index contributed by atoms with van der Waals surface area (Å²) in [7, 11) is 1.67. The normalized spacial score (nSPS) is 26.8. The molecule has 2 unspecified atom stereocenters. The zero-order chi connectivity index (χ0) is 13.2. The molecular formula is C15H20O3. The minimum atomic E-state index is -0.308. The zero-order valence-electron chi connectivity index (χ0n) is 11.2. The van der Waals surface area contributed by atoms with Gasteiger partial charge >= 0.3 is 0 Å². The van der Waals surface area contributed by atoms with Gasteiger partial charge in [-0.3, -0.25) is 4.79 Å². The van der Waals surface area contributed by atoms with Crippen LogP contribution >= 0.6 is 0 Å². The summed E-state index contributed by atoms with van der Waals surface area (Å²) in [6.45, 7) is 4.60. The molecule has 0 aliphatic heterocycles.